The third-order valence-electron chi connectivity index (χ3n) is 4.49. The Hall–Kier alpha value is -0.120. The zero-order valence-electron chi connectivity index (χ0n) is 11.5. The van der Waals surface area contributed by atoms with Crippen LogP contribution in [0.3, 0.4) is 0 Å². The SMILES string of the molecule is CCNC1CCCCC1N(C)C1CCOCC1. The van der Waals surface area contributed by atoms with Crippen molar-refractivity contribution in [1.29, 1.82) is 0 Å². The molecule has 1 saturated carbocycles. The molecule has 0 aromatic heterocycles. The van der Waals surface area contributed by atoms with Gasteiger partial charge in [-0.25, -0.2) is 0 Å². The number of nitrogens with one attached hydrogen (secondary N) is 1. The average molecular weight is 240 g/mol. The van der Waals surface area contributed by atoms with E-state index in [1.165, 1.54) is 38.5 Å². The maximum Gasteiger partial charge on any atom is 0.0480 e. The van der Waals surface area contributed by atoms with E-state index in [1.54, 1.807) is 0 Å². The van der Waals surface area contributed by atoms with Crippen LogP contribution in [0, 0.1) is 0 Å². The summed E-state index contributed by atoms with van der Waals surface area (Å²) in [5.41, 5.74) is 0. The molecule has 2 rings (SSSR count). The average Bonchev–Trinajstić information content (AvgIpc) is 2.40. The molecule has 0 aromatic rings. The fraction of sp³-hybridized carbons (Fsp3) is 1.00. The van der Waals surface area contributed by atoms with Gasteiger partial charge in [-0.2, -0.15) is 0 Å². The van der Waals surface area contributed by atoms with E-state index in [4.69, 9.17) is 4.74 Å². The zero-order valence-corrected chi connectivity index (χ0v) is 11.5. The highest BCUT2D eigenvalue weighted by molar-refractivity contribution is 4.89. The Kier molecular flexibility index (Phi) is 5.26. The fourth-order valence-electron chi connectivity index (χ4n) is 3.46. The first-order valence-corrected chi connectivity index (χ1v) is 7.36. The molecular weight excluding hydrogens is 212 g/mol. The molecule has 1 aliphatic heterocycles. The van der Waals surface area contributed by atoms with Crippen LogP contribution < -0.4 is 5.32 Å². The monoisotopic (exact) mass is 240 g/mol. The van der Waals surface area contributed by atoms with Crippen molar-refractivity contribution in [3.05, 3.63) is 0 Å². The van der Waals surface area contributed by atoms with E-state index >= 15 is 0 Å². The molecule has 17 heavy (non-hydrogen) atoms. The Morgan fingerprint density at radius 3 is 2.53 bits per heavy atom. The summed E-state index contributed by atoms with van der Waals surface area (Å²) in [6.45, 7) is 5.23. The Labute approximate surface area is 106 Å². The van der Waals surface area contributed by atoms with Crippen LogP contribution in [0.2, 0.25) is 0 Å². The highest BCUT2D eigenvalue weighted by Crippen LogP contribution is 2.26. The van der Waals surface area contributed by atoms with Crippen molar-refractivity contribution in [3.63, 3.8) is 0 Å². The van der Waals surface area contributed by atoms with Gasteiger partial charge in [-0.15, -0.1) is 0 Å². The van der Waals surface area contributed by atoms with E-state index in [9.17, 15) is 0 Å². The van der Waals surface area contributed by atoms with Crippen LogP contribution in [-0.4, -0.2) is 49.8 Å². The lowest BCUT2D eigenvalue weighted by Gasteiger charge is -2.43. The summed E-state index contributed by atoms with van der Waals surface area (Å²) < 4.78 is 5.47. The van der Waals surface area contributed by atoms with Crippen molar-refractivity contribution in [2.24, 2.45) is 0 Å². The Morgan fingerprint density at radius 2 is 1.82 bits per heavy atom. The molecule has 1 N–H and O–H groups in total. The molecule has 0 radical (unpaired) electrons. The predicted molar refractivity (Wildman–Crippen MR) is 71.3 cm³/mol. The van der Waals surface area contributed by atoms with Gasteiger partial charge in [-0.3, -0.25) is 4.90 Å². The maximum atomic E-state index is 5.47. The third-order valence-corrected chi connectivity index (χ3v) is 4.49. The van der Waals surface area contributed by atoms with Crippen LogP contribution in [-0.2, 0) is 4.74 Å². The van der Waals surface area contributed by atoms with Crippen molar-refractivity contribution >= 4 is 0 Å². The van der Waals surface area contributed by atoms with Crippen molar-refractivity contribution in [2.75, 3.05) is 26.8 Å². The van der Waals surface area contributed by atoms with Gasteiger partial charge in [0.15, 0.2) is 0 Å². The Morgan fingerprint density at radius 1 is 1.12 bits per heavy atom. The largest absolute Gasteiger partial charge is 0.381 e. The second-order valence-corrected chi connectivity index (χ2v) is 5.52. The molecule has 2 aliphatic rings. The number of ether oxygens (including phenoxy) is 1. The molecule has 0 aromatic carbocycles. The molecule has 1 saturated heterocycles. The topological polar surface area (TPSA) is 24.5 Å². The van der Waals surface area contributed by atoms with Crippen LogP contribution >= 0.6 is 0 Å². The summed E-state index contributed by atoms with van der Waals surface area (Å²) in [5, 5.41) is 3.68. The van der Waals surface area contributed by atoms with Crippen molar-refractivity contribution in [3.8, 4) is 0 Å². The minimum atomic E-state index is 0.710. The van der Waals surface area contributed by atoms with Crippen LogP contribution in [0.5, 0.6) is 0 Å². The molecule has 100 valence electrons. The third kappa shape index (κ3) is 3.43. The Balaban J connectivity index is 1.92. The summed E-state index contributed by atoms with van der Waals surface area (Å²) >= 11 is 0. The van der Waals surface area contributed by atoms with Gasteiger partial charge in [0.2, 0.25) is 0 Å². The summed E-state index contributed by atoms with van der Waals surface area (Å²) in [5.74, 6) is 0. The van der Waals surface area contributed by atoms with Gasteiger partial charge in [0.25, 0.3) is 0 Å². The number of hydrogen-bond donors (Lipinski definition) is 1. The molecular formula is C14H28N2O. The van der Waals surface area contributed by atoms with Gasteiger partial charge in [0.1, 0.15) is 0 Å². The van der Waals surface area contributed by atoms with Crippen LogP contribution in [0.25, 0.3) is 0 Å². The maximum absolute atomic E-state index is 5.47. The highest BCUT2D eigenvalue weighted by atomic mass is 16.5. The summed E-state index contributed by atoms with van der Waals surface area (Å²) in [6.07, 6.45) is 7.95. The van der Waals surface area contributed by atoms with Gasteiger partial charge in [0, 0.05) is 31.3 Å². The first-order valence-electron chi connectivity index (χ1n) is 7.36. The summed E-state index contributed by atoms with van der Waals surface area (Å²) in [6, 6.07) is 2.20. The van der Waals surface area contributed by atoms with Gasteiger partial charge >= 0.3 is 0 Å². The van der Waals surface area contributed by atoms with E-state index < -0.39 is 0 Å². The molecule has 2 unspecified atom stereocenters. The van der Waals surface area contributed by atoms with E-state index in [1.807, 2.05) is 0 Å². The first-order chi connectivity index (χ1) is 8.33. The van der Waals surface area contributed by atoms with E-state index in [-0.39, 0.29) is 0 Å². The lowest BCUT2D eigenvalue weighted by molar-refractivity contribution is 0.0146. The number of likely N-dealkylation sites (N-methyl/N-ethyl adjacent to an activating group) is 2. The highest BCUT2D eigenvalue weighted by Gasteiger charge is 2.31. The van der Waals surface area contributed by atoms with Crippen molar-refractivity contribution in [2.45, 2.75) is 63.6 Å². The van der Waals surface area contributed by atoms with Gasteiger partial charge in [0.05, 0.1) is 0 Å². The lowest BCUT2D eigenvalue weighted by atomic mass is 9.88. The fourth-order valence-corrected chi connectivity index (χ4v) is 3.46. The van der Waals surface area contributed by atoms with E-state index in [2.05, 4.69) is 24.2 Å². The number of nitrogens with zero attached hydrogens (tertiary/aromatic N) is 1. The molecule has 1 heterocycles. The molecule has 3 nitrogen and oxygen atoms in total. The molecule has 2 atom stereocenters. The smallest absolute Gasteiger partial charge is 0.0480 e. The normalized spacial score (nSPS) is 31.9. The second kappa shape index (κ2) is 6.72. The zero-order chi connectivity index (χ0) is 12.1. The minimum absolute atomic E-state index is 0.710. The van der Waals surface area contributed by atoms with Gasteiger partial charge in [-0.1, -0.05) is 19.8 Å². The van der Waals surface area contributed by atoms with Crippen molar-refractivity contribution in [1.82, 2.24) is 10.2 Å². The van der Waals surface area contributed by atoms with Crippen LogP contribution in [0.4, 0.5) is 0 Å². The standard InChI is InChI=1S/C14H28N2O/c1-3-15-13-6-4-5-7-14(13)16(2)12-8-10-17-11-9-12/h12-15H,3-11H2,1-2H3. The van der Waals surface area contributed by atoms with Gasteiger partial charge in [-0.05, 0) is 39.3 Å². The lowest BCUT2D eigenvalue weighted by Crippen LogP contribution is -2.54. The molecule has 2 fully saturated rings. The molecule has 0 bridgehead atoms. The molecule has 0 amide bonds. The number of hydrogen-bond acceptors (Lipinski definition) is 3. The van der Waals surface area contributed by atoms with Gasteiger partial charge < -0.3 is 10.1 Å². The summed E-state index contributed by atoms with van der Waals surface area (Å²) in [4.78, 5) is 2.65. The van der Waals surface area contributed by atoms with Crippen molar-refractivity contribution < 1.29 is 4.74 Å². The number of rotatable bonds is 4. The van der Waals surface area contributed by atoms with E-state index in [0.29, 0.717) is 6.04 Å². The predicted octanol–water partition coefficient (Wildman–Crippen LogP) is 2.02. The summed E-state index contributed by atoms with van der Waals surface area (Å²) in [7, 11) is 2.33. The Bertz CT molecular complexity index is 214. The van der Waals surface area contributed by atoms with Crippen LogP contribution in [0.15, 0.2) is 0 Å². The first kappa shape index (κ1) is 13.3. The quantitative estimate of drug-likeness (QED) is 0.813. The second-order valence-electron chi connectivity index (χ2n) is 5.52. The molecule has 1 aliphatic carbocycles. The minimum Gasteiger partial charge on any atom is -0.381 e. The molecule has 0 spiro atoms. The van der Waals surface area contributed by atoms with Crippen LogP contribution in [0.1, 0.15) is 45.4 Å². The van der Waals surface area contributed by atoms with E-state index in [0.717, 1.165) is 31.8 Å². The molecule has 3 heteroatoms.